The van der Waals surface area contributed by atoms with Gasteiger partial charge in [-0.3, -0.25) is 0 Å². The van der Waals surface area contributed by atoms with Crippen molar-refractivity contribution >= 4 is 28.9 Å². The van der Waals surface area contributed by atoms with Crippen LogP contribution in [0.15, 0.2) is 78.9 Å². The molecule has 0 aromatic heterocycles. The number of nitrogens with one attached hydrogen (secondary N) is 1. The Morgan fingerprint density at radius 3 is 2.58 bits per heavy atom. The number of aryl methyl sites for hydroxylation is 1. The molecule has 0 radical (unpaired) electrons. The summed E-state index contributed by atoms with van der Waals surface area (Å²) in [6.45, 7) is 0.680. The predicted molar refractivity (Wildman–Crippen MR) is 130 cm³/mol. The highest BCUT2D eigenvalue weighted by Gasteiger charge is 2.39. The lowest BCUT2D eigenvalue weighted by atomic mass is 9.77. The number of allylic oxidation sites excluding steroid dienone is 2. The topological polar surface area (TPSA) is 21.3 Å². The zero-order chi connectivity index (χ0) is 21.2. The average Bonchev–Trinajstić information content (AvgIpc) is 3.29. The molecule has 0 bridgehead atoms. The maximum atomic E-state index is 6.62. The molecule has 31 heavy (non-hydrogen) atoms. The predicted octanol–water partition coefficient (Wildman–Crippen LogP) is 7.83. The highest BCUT2D eigenvalue weighted by Crippen LogP contribution is 2.53. The molecule has 0 spiro atoms. The molecule has 1 aliphatic carbocycles. The minimum absolute atomic E-state index is 0.0905. The van der Waals surface area contributed by atoms with Crippen molar-refractivity contribution in [3.05, 3.63) is 106 Å². The Morgan fingerprint density at radius 2 is 1.71 bits per heavy atom. The summed E-state index contributed by atoms with van der Waals surface area (Å²) < 4.78 is 6.27. The average molecular weight is 450 g/mol. The molecule has 0 fully saturated rings. The molecular formula is C27H25Cl2NO. The van der Waals surface area contributed by atoms with Gasteiger partial charge in [0.25, 0.3) is 0 Å². The molecule has 3 atom stereocenters. The van der Waals surface area contributed by atoms with E-state index in [2.05, 4.69) is 72.1 Å². The van der Waals surface area contributed by atoms with Gasteiger partial charge in [-0.1, -0.05) is 90.0 Å². The molecule has 3 aromatic carbocycles. The third-order valence-corrected chi connectivity index (χ3v) is 7.22. The molecule has 1 heterocycles. The van der Waals surface area contributed by atoms with Gasteiger partial charge in [-0.05, 0) is 54.0 Å². The van der Waals surface area contributed by atoms with Crippen LogP contribution in [0.5, 0.6) is 5.75 Å². The standard InChI is InChI=1S/C27H25Cl2NO/c28-23-15-5-14-22(25(23)29)26-20-12-4-11-19(20)21-13-6-16-24(27(21)30-26)31-17-7-10-18-8-2-1-3-9-18/h1-6,8-9,11,13-16,19-20,26,30H,7,10,12,17H2. The first kappa shape index (κ1) is 20.5. The normalized spacial score (nSPS) is 21.3. The maximum Gasteiger partial charge on any atom is 0.142 e. The minimum atomic E-state index is 0.0905. The van der Waals surface area contributed by atoms with Crippen LogP contribution in [0.3, 0.4) is 0 Å². The number of anilines is 1. The number of hydrogen-bond donors (Lipinski definition) is 1. The first-order valence-electron chi connectivity index (χ1n) is 10.9. The molecule has 3 unspecified atom stereocenters. The SMILES string of the molecule is Clc1cccc(C2Nc3c(OCCCc4ccccc4)cccc3C3C=CCC32)c1Cl. The van der Waals surface area contributed by atoms with Crippen molar-refractivity contribution in [2.45, 2.75) is 31.2 Å². The Morgan fingerprint density at radius 1 is 0.903 bits per heavy atom. The van der Waals surface area contributed by atoms with Gasteiger partial charge >= 0.3 is 0 Å². The number of rotatable bonds is 6. The molecule has 158 valence electrons. The van der Waals surface area contributed by atoms with E-state index in [-0.39, 0.29) is 6.04 Å². The fourth-order valence-electron chi connectivity index (χ4n) is 4.88. The van der Waals surface area contributed by atoms with Gasteiger partial charge in [0.15, 0.2) is 0 Å². The van der Waals surface area contributed by atoms with Crippen LogP contribution in [0.2, 0.25) is 10.0 Å². The molecule has 2 nitrogen and oxygen atoms in total. The van der Waals surface area contributed by atoms with Gasteiger partial charge in [0.05, 0.1) is 28.4 Å². The van der Waals surface area contributed by atoms with Crippen LogP contribution in [-0.4, -0.2) is 6.61 Å². The summed E-state index contributed by atoms with van der Waals surface area (Å²) in [6, 6.07) is 22.9. The molecule has 0 saturated heterocycles. The summed E-state index contributed by atoms with van der Waals surface area (Å²) in [4.78, 5) is 0. The highest BCUT2D eigenvalue weighted by atomic mass is 35.5. The van der Waals surface area contributed by atoms with Crippen LogP contribution in [0.4, 0.5) is 5.69 Å². The third kappa shape index (κ3) is 4.07. The van der Waals surface area contributed by atoms with Crippen molar-refractivity contribution in [2.75, 3.05) is 11.9 Å². The lowest BCUT2D eigenvalue weighted by molar-refractivity contribution is 0.309. The molecule has 5 rings (SSSR count). The fraction of sp³-hybridized carbons (Fsp3) is 0.259. The van der Waals surface area contributed by atoms with E-state index in [1.807, 2.05) is 12.1 Å². The Hall–Kier alpha value is -2.42. The lowest BCUT2D eigenvalue weighted by Crippen LogP contribution is -2.29. The van der Waals surface area contributed by atoms with E-state index in [9.17, 15) is 0 Å². The van der Waals surface area contributed by atoms with Crippen molar-refractivity contribution in [3.63, 3.8) is 0 Å². The zero-order valence-corrected chi connectivity index (χ0v) is 18.7. The smallest absolute Gasteiger partial charge is 0.142 e. The molecule has 1 aliphatic heterocycles. The van der Waals surface area contributed by atoms with E-state index in [1.54, 1.807) is 0 Å². The third-order valence-electron chi connectivity index (χ3n) is 6.39. The van der Waals surface area contributed by atoms with Gasteiger partial charge in [-0.15, -0.1) is 0 Å². The number of ether oxygens (including phenoxy) is 1. The maximum absolute atomic E-state index is 6.62. The first-order valence-corrected chi connectivity index (χ1v) is 11.6. The van der Waals surface area contributed by atoms with Crippen LogP contribution in [0.1, 0.15) is 41.5 Å². The van der Waals surface area contributed by atoms with Crippen molar-refractivity contribution in [1.29, 1.82) is 0 Å². The molecule has 4 heteroatoms. The molecule has 0 amide bonds. The molecule has 2 aliphatic rings. The second kappa shape index (κ2) is 8.98. The Labute approximate surface area is 193 Å². The molecule has 0 saturated carbocycles. The quantitative estimate of drug-likeness (QED) is 0.305. The summed E-state index contributed by atoms with van der Waals surface area (Å²) in [5, 5.41) is 5.00. The van der Waals surface area contributed by atoms with Crippen molar-refractivity contribution < 1.29 is 4.74 Å². The van der Waals surface area contributed by atoms with Gasteiger partial charge < -0.3 is 10.1 Å². The fourth-order valence-corrected chi connectivity index (χ4v) is 5.31. The van der Waals surface area contributed by atoms with E-state index in [1.165, 1.54) is 11.1 Å². The van der Waals surface area contributed by atoms with Crippen LogP contribution < -0.4 is 10.1 Å². The van der Waals surface area contributed by atoms with Gasteiger partial charge in [0.1, 0.15) is 5.75 Å². The number of hydrogen-bond acceptors (Lipinski definition) is 2. The summed E-state index contributed by atoms with van der Waals surface area (Å²) in [7, 11) is 0. The van der Waals surface area contributed by atoms with Crippen LogP contribution in [0.25, 0.3) is 0 Å². The van der Waals surface area contributed by atoms with Crippen molar-refractivity contribution in [3.8, 4) is 5.75 Å². The van der Waals surface area contributed by atoms with Gasteiger partial charge in [-0.25, -0.2) is 0 Å². The monoisotopic (exact) mass is 449 g/mol. The van der Waals surface area contributed by atoms with Gasteiger partial charge in [0, 0.05) is 5.92 Å². The van der Waals surface area contributed by atoms with E-state index in [0.29, 0.717) is 28.5 Å². The number of halogens is 2. The summed E-state index contributed by atoms with van der Waals surface area (Å²) in [5.41, 5.74) is 4.77. The van der Waals surface area contributed by atoms with Crippen LogP contribution in [0, 0.1) is 5.92 Å². The second-order valence-corrected chi connectivity index (χ2v) is 9.06. The largest absolute Gasteiger partial charge is 0.491 e. The van der Waals surface area contributed by atoms with E-state index in [0.717, 1.165) is 36.3 Å². The molecule has 3 aromatic rings. The molecule has 1 N–H and O–H groups in total. The van der Waals surface area contributed by atoms with Gasteiger partial charge in [0.2, 0.25) is 0 Å². The van der Waals surface area contributed by atoms with E-state index >= 15 is 0 Å². The van der Waals surface area contributed by atoms with Crippen molar-refractivity contribution in [2.24, 2.45) is 5.92 Å². The van der Waals surface area contributed by atoms with E-state index in [4.69, 9.17) is 27.9 Å². The Kier molecular flexibility index (Phi) is 5.93. The summed E-state index contributed by atoms with van der Waals surface area (Å²) in [5.74, 6) is 1.67. The molecular weight excluding hydrogens is 425 g/mol. The number of benzene rings is 3. The Balaban J connectivity index is 1.39. The first-order chi connectivity index (χ1) is 15.2. The van der Waals surface area contributed by atoms with Crippen molar-refractivity contribution in [1.82, 2.24) is 0 Å². The highest BCUT2D eigenvalue weighted by molar-refractivity contribution is 6.42. The van der Waals surface area contributed by atoms with Gasteiger partial charge in [-0.2, -0.15) is 0 Å². The summed E-state index contributed by atoms with van der Waals surface area (Å²) >= 11 is 13.0. The minimum Gasteiger partial charge on any atom is -0.491 e. The van der Waals surface area contributed by atoms with Crippen LogP contribution >= 0.6 is 23.2 Å². The summed E-state index contributed by atoms with van der Waals surface area (Å²) in [6.07, 6.45) is 7.62. The second-order valence-electron chi connectivity index (χ2n) is 8.28. The number of para-hydroxylation sites is 1. The van der Waals surface area contributed by atoms with Crippen LogP contribution in [-0.2, 0) is 6.42 Å². The Bertz CT molecular complexity index is 1100. The van der Waals surface area contributed by atoms with E-state index < -0.39 is 0 Å². The lowest BCUT2D eigenvalue weighted by Gasteiger charge is -2.38. The number of fused-ring (bicyclic) bond motifs is 3. The zero-order valence-electron chi connectivity index (χ0n) is 17.2.